The minimum atomic E-state index is 0.110. The molecule has 0 heterocycles. The molecule has 0 bridgehead atoms. The molecule has 1 amide bonds. The topological polar surface area (TPSA) is 29.1 Å². The third-order valence-corrected chi connectivity index (χ3v) is 2.25. The van der Waals surface area contributed by atoms with Gasteiger partial charge in [-0.15, -0.1) is 0 Å². The number of carbonyl (C=O) groups excluding carboxylic acids is 1. The highest BCUT2D eigenvalue weighted by molar-refractivity contribution is 5.73. The second-order valence-corrected chi connectivity index (χ2v) is 3.22. The first-order chi connectivity index (χ1) is 4.70. The van der Waals surface area contributed by atoms with E-state index in [1.54, 1.807) is 6.92 Å². The predicted molar refractivity (Wildman–Crippen MR) is 40.6 cm³/mol. The maximum atomic E-state index is 10.6. The van der Waals surface area contributed by atoms with Crippen molar-refractivity contribution in [1.82, 2.24) is 5.32 Å². The zero-order valence-corrected chi connectivity index (χ0v) is 6.68. The van der Waals surface area contributed by atoms with E-state index in [1.807, 2.05) is 0 Å². The van der Waals surface area contributed by atoms with Crippen molar-refractivity contribution in [2.75, 3.05) is 0 Å². The molecule has 2 atom stereocenters. The molecule has 0 saturated heterocycles. The van der Waals surface area contributed by atoms with Crippen LogP contribution < -0.4 is 5.32 Å². The van der Waals surface area contributed by atoms with Gasteiger partial charge in [0.15, 0.2) is 0 Å². The van der Waals surface area contributed by atoms with E-state index in [9.17, 15) is 4.79 Å². The van der Waals surface area contributed by atoms with Gasteiger partial charge in [-0.3, -0.25) is 4.79 Å². The largest absolute Gasteiger partial charge is 0.353 e. The summed E-state index contributed by atoms with van der Waals surface area (Å²) in [4.78, 5) is 10.6. The average Bonchev–Trinajstić information content (AvgIpc) is 2.15. The van der Waals surface area contributed by atoms with Crippen LogP contribution in [0, 0.1) is 5.92 Å². The second-order valence-electron chi connectivity index (χ2n) is 3.22. The molecule has 1 fully saturated rings. The zero-order chi connectivity index (χ0) is 7.56. The van der Waals surface area contributed by atoms with Gasteiger partial charge in [-0.2, -0.15) is 0 Å². The van der Waals surface area contributed by atoms with Crippen molar-refractivity contribution < 1.29 is 4.79 Å². The summed E-state index contributed by atoms with van der Waals surface area (Å²) < 4.78 is 0. The molecular weight excluding hydrogens is 126 g/mol. The lowest BCUT2D eigenvalue weighted by Gasteiger charge is -2.15. The number of rotatable bonds is 1. The SMILES string of the molecule is CC(=O)N[C@@H]1CCCC1C. The van der Waals surface area contributed by atoms with Crippen molar-refractivity contribution in [2.45, 2.75) is 39.2 Å². The van der Waals surface area contributed by atoms with E-state index in [2.05, 4.69) is 12.2 Å². The standard InChI is InChI=1S/C8H15NO/c1-6-4-3-5-8(6)9-7(2)10/h6,8H,3-5H2,1-2H3,(H,9,10)/t6?,8-/m1/s1. The number of hydrogen-bond acceptors (Lipinski definition) is 1. The van der Waals surface area contributed by atoms with Gasteiger partial charge in [0.1, 0.15) is 0 Å². The third kappa shape index (κ3) is 1.72. The molecule has 1 aliphatic carbocycles. The number of amides is 1. The summed E-state index contributed by atoms with van der Waals surface area (Å²) in [7, 11) is 0. The quantitative estimate of drug-likeness (QED) is 0.586. The molecule has 10 heavy (non-hydrogen) atoms. The number of hydrogen-bond donors (Lipinski definition) is 1. The molecule has 58 valence electrons. The Morgan fingerprint density at radius 3 is 2.60 bits per heavy atom. The zero-order valence-electron chi connectivity index (χ0n) is 6.68. The van der Waals surface area contributed by atoms with Crippen molar-refractivity contribution in [3.8, 4) is 0 Å². The van der Waals surface area contributed by atoms with E-state index in [-0.39, 0.29) is 5.91 Å². The average molecular weight is 141 g/mol. The summed E-state index contributed by atoms with van der Waals surface area (Å²) in [5.41, 5.74) is 0. The molecule has 1 saturated carbocycles. The Kier molecular flexibility index (Phi) is 2.30. The van der Waals surface area contributed by atoms with E-state index < -0.39 is 0 Å². The molecule has 0 aromatic carbocycles. The molecule has 0 radical (unpaired) electrons. The van der Waals surface area contributed by atoms with E-state index >= 15 is 0 Å². The van der Waals surface area contributed by atoms with Crippen LogP contribution in [-0.2, 0) is 4.79 Å². The fourth-order valence-corrected chi connectivity index (χ4v) is 1.62. The highest BCUT2D eigenvalue weighted by Crippen LogP contribution is 2.24. The summed E-state index contributed by atoms with van der Waals surface area (Å²) >= 11 is 0. The Bertz CT molecular complexity index is 133. The molecule has 1 N–H and O–H groups in total. The summed E-state index contributed by atoms with van der Waals surface area (Å²) in [5.74, 6) is 0.794. The molecule has 0 spiro atoms. The van der Waals surface area contributed by atoms with Gasteiger partial charge in [0.2, 0.25) is 5.91 Å². The Balaban J connectivity index is 2.33. The highest BCUT2D eigenvalue weighted by Gasteiger charge is 2.23. The monoisotopic (exact) mass is 141 g/mol. The molecular formula is C8H15NO. The van der Waals surface area contributed by atoms with Crippen LogP contribution >= 0.6 is 0 Å². The third-order valence-electron chi connectivity index (χ3n) is 2.25. The van der Waals surface area contributed by atoms with E-state index in [0.29, 0.717) is 12.0 Å². The van der Waals surface area contributed by atoms with Crippen molar-refractivity contribution in [3.05, 3.63) is 0 Å². The van der Waals surface area contributed by atoms with Crippen molar-refractivity contribution in [1.29, 1.82) is 0 Å². The first-order valence-electron chi connectivity index (χ1n) is 3.97. The maximum absolute atomic E-state index is 10.6. The Morgan fingerprint density at radius 1 is 1.50 bits per heavy atom. The molecule has 0 aliphatic heterocycles. The second kappa shape index (κ2) is 3.04. The maximum Gasteiger partial charge on any atom is 0.217 e. The van der Waals surface area contributed by atoms with Crippen LogP contribution in [0.4, 0.5) is 0 Å². The molecule has 2 heteroatoms. The first-order valence-corrected chi connectivity index (χ1v) is 3.97. The molecule has 2 nitrogen and oxygen atoms in total. The van der Waals surface area contributed by atoms with Crippen molar-refractivity contribution in [3.63, 3.8) is 0 Å². The van der Waals surface area contributed by atoms with Crippen LogP contribution in [0.2, 0.25) is 0 Å². The summed E-state index contributed by atoms with van der Waals surface area (Å²) in [6.07, 6.45) is 3.71. The summed E-state index contributed by atoms with van der Waals surface area (Å²) in [6.45, 7) is 3.79. The Hall–Kier alpha value is -0.530. The van der Waals surface area contributed by atoms with Gasteiger partial charge in [0, 0.05) is 13.0 Å². The van der Waals surface area contributed by atoms with E-state index in [0.717, 1.165) is 0 Å². The lowest BCUT2D eigenvalue weighted by molar-refractivity contribution is -0.119. The number of nitrogens with one attached hydrogen (secondary N) is 1. The van der Waals surface area contributed by atoms with Gasteiger partial charge >= 0.3 is 0 Å². The van der Waals surface area contributed by atoms with Gasteiger partial charge in [-0.25, -0.2) is 0 Å². The molecule has 1 rings (SSSR count). The van der Waals surface area contributed by atoms with Crippen LogP contribution in [0.3, 0.4) is 0 Å². The van der Waals surface area contributed by atoms with Crippen molar-refractivity contribution in [2.24, 2.45) is 5.92 Å². The lowest BCUT2D eigenvalue weighted by atomic mass is 10.1. The minimum Gasteiger partial charge on any atom is -0.353 e. The minimum absolute atomic E-state index is 0.110. The first kappa shape index (κ1) is 7.58. The van der Waals surface area contributed by atoms with Crippen LogP contribution in [0.1, 0.15) is 33.1 Å². The van der Waals surface area contributed by atoms with E-state index in [1.165, 1.54) is 19.3 Å². The molecule has 0 aromatic rings. The van der Waals surface area contributed by atoms with Gasteiger partial charge in [-0.05, 0) is 18.8 Å². The van der Waals surface area contributed by atoms with Crippen LogP contribution in [0.15, 0.2) is 0 Å². The lowest BCUT2D eigenvalue weighted by Crippen LogP contribution is -2.34. The fraction of sp³-hybridized carbons (Fsp3) is 0.875. The molecule has 1 aliphatic rings. The Labute approximate surface area is 62.0 Å². The summed E-state index contributed by atoms with van der Waals surface area (Å²) in [6, 6.07) is 0.456. The highest BCUT2D eigenvalue weighted by atomic mass is 16.1. The van der Waals surface area contributed by atoms with E-state index in [4.69, 9.17) is 0 Å². The normalized spacial score (nSPS) is 32.2. The van der Waals surface area contributed by atoms with Gasteiger partial charge in [-0.1, -0.05) is 13.3 Å². The molecule has 0 aromatic heterocycles. The predicted octanol–water partition coefficient (Wildman–Crippen LogP) is 1.31. The van der Waals surface area contributed by atoms with Crippen molar-refractivity contribution >= 4 is 5.91 Å². The van der Waals surface area contributed by atoms with Crippen LogP contribution in [0.25, 0.3) is 0 Å². The van der Waals surface area contributed by atoms with Crippen LogP contribution in [-0.4, -0.2) is 11.9 Å². The van der Waals surface area contributed by atoms with Gasteiger partial charge in [0.25, 0.3) is 0 Å². The Morgan fingerprint density at radius 2 is 2.20 bits per heavy atom. The number of carbonyl (C=O) groups is 1. The smallest absolute Gasteiger partial charge is 0.217 e. The molecule has 1 unspecified atom stereocenters. The van der Waals surface area contributed by atoms with Crippen LogP contribution in [0.5, 0.6) is 0 Å². The van der Waals surface area contributed by atoms with Gasteiger partial charge < -0.3 is 5.32 Å². The fourth-order valence-electron chi connectivity index (χ4n) is 1.62. The summed E-state index contributed by atoms with van der Waals surface area (Å²) in [5, 5.41) is 2.95. The van der Waals surface area contributed by atoms with Gasteiger partial charge in [0.05, 0.1) is 0 Å².